The van der Waals surface area contributed by atoms with Crippen LogP contribution in [-0.2, 0) is 0 Å². The molecular formula is C15H20N2O3. The molecule has 20 heavy (non-hydrogen) atoms. The maximum Gasteiger partial charge on any atom is 0.256 e. The molecule has 0 aliphatic heterocycles. The van der Waals surface area contributed by atoms with Gasteiger partial charge in [0.1, 0.15) is 0 Å². The van der Waals surface area contributed by atoms with Gasteiger partial charge in [0.05, 0.1) is 26.3 Å². The van der Waals surface area contributed by atoms with Crippen molar-refractivity contribution >= 4 is 11.6 Å². The Bertz CT molecular complexity index is 521. The number of benzene rings is 1. The van der Waals surface area contributed by atoms with Crippen LogP contribution in [0, 0.1) is 12.3 Å². The van der Waals surface area contributed by atoms with Gasteiger partial charge in [-0.3, -0.25) is 4.79 Å². The van der Waals surface area contributed by atoms with Gasteiger partial charge >= 0.3 is 0 Å². The zero-order valence-corrected chi connectivity index (χ0v) is 12.1. The number of carbonyl (C=O) groups is 1. The highest BCUT2D eigenvalue weighted by Crippen LogP contribution is 2.32. The Labute approximate surface area is 119 Å². The fourth-order valence-corrected chi connectivity index (χ4v) is 1.88. The second-order valence-electron chi connectivity index (χ2n) is 4.23. The second-order valence-corrected chi connectivity index (χ2v) is 4.23. The van der Waals surface area contributed by atoms with Crippen LogP contribution in [0.3, 0.4) is 0 Å². The van der Waals surface area contributed by atoms with Crippen molar-refractivity contribution in [2.24, 2.45) is 0 Å². The molecule has 0 heterocycles. The normalized spacial score (nSPS) is 9.70. The van der Waals surface area contributed by atoms with E-state index < -0.39 is 0 Å². The summed E-state index contributed by atoms with van der Waals surface area (Å²) in [4.78, 5) is 14.0. The number of methoxy groups -OCH3 is 2. The number of nitrogens with zero attached hydrogens (tertiary/aromatic N) is 1. The van der Waals surface area contributed by atoms with Crippen molar-refractivity contribution in [1.29, 1.82) is 0 Å². The second kappa shape index (κ2) is 7.29. The Kier molecular flexibility index (Phi) is 5.73. The smallest absolute Gasteiger partial charge is 0.256 e. The first-order valence-corrected chi connectivity index (χ1v) is 6.33. The van der Waals surface area contributed by atoms with E-state index in [4.69, 9.17) is 21.6 Å². The first-order chi connectivity index (χ1) is 9.58. The zero-order chi connectivity index (χ0) is 15.1. The monoisotopic (exact) mass is 276 g/mol. The Morgan fingerprint density at radius 3 is 2.45 bits per heavy atom. The van der Waals surface area contributed by atoms with E-state index in [9.17, 15) is 4.79 Å². The predicted molar refractivity (Wildman–Crippen MR) is 79.0 cm³/mol. The highest BCUT2D eigenvalue weighted by molar-refractivity contribution is 6.00. The number of rotatable bonds is 6. The summed E-state index contributed by atoms with van der Waals surface area (Å²) in [7, 11) is 3.02. The van der Waals surface area contributed by atoms with Crippen LogP contribution in [0.1, 0.15) is 23.7 Å². The first-order valence-electron chi connectivity index (χ1n) is 6.33. The van der Waals surface area contributed by atoms with E-state index in [0.29, 0.717) is 29.3 Å². The lowest BCUT2D eigenvalue weighted by atomic mass is 10.1. The van der Waals surface area contributed by atoms with E-state index in [2.05, 4.69) is 5.92 Å². The molecule has 0 aliphatic rings. The molecule has 0 radical (unpaired) electrons. The summed E-state index contributed by atoms with van der Waals surface area (Å²) in [6, 6.07) is 3.15. The fraction of sp³-hybridized carbons (Fsp3) is 0.400. The van der Waals surface area contributed by atoms with Crippen LogP contribution in [0.15, 0.2) is 12.1 Å². The number of ether oxygens (including phenoxy) is 2. The molecule has 1 aromatic carbocycles. The molecule has 0 aromatic heterocycles. The quantitative estimate of drug-likeness (QED) is 0.635. The van der Waals surface area contributed by atoms with Crippen molar-refractivity contribution < 1.29 is 14.3 Å². The van der Waals surface area contributed by atoms with Crippen molar-refractivity contribution in [3.05, 3.63) is 17.7 Å². The van der Waals surface area contributed by atoms with Gasteiger partial charge in [0.15, 0.2) is 11.5 Å². The van der Waals surface area contributed by atoms with Gasteiger partial charge in [-0.1, -0.05) is 12.8 Å². The molecule has 1 aromatic rings. The number of nitrogen functional groups attached to an aromatic ring is 1. The highest BCUT2D eigenvalue weighted by atomic mass is 16.5. The molecule has 1 rings (SSSR count). The van der Waals surface area contributed by atoms with E-state index in [1.54, 1.807) is 17.0 Å². The Morgan fingerprint density at radius 2 is 1.95 bits per heavy atom. The minimum atomic E-state index is -0.205. The predicted octanol–water partition coefficient (Wildman–Crippen LogP) is 1.77. The Morgan fingerprint density at radius 1 is 1.35 bits per heavy atom. The SMILES string of the molecule is C#CCN(CCC)C(=O)c1cc(OC)c(OC)cc1N. The highest BCUT2D eigenvalue weighted by Gasteiger charge is 2.19. The minimum absolute atomic E-state index is 0.205. The molecule has 0 saturated carbocycles. The summed E-state index contributed by atoms with van der Waals surface area (Å²) in [5.74, 6) is 3.22. The number of anilines is 1. The van der Waals surface area contributed by atoms with Gasteiger partial charge in [0.25, 0.3) is 5.91 Å². The Balaban J connectivity index is 3.17. The molecule has 5 nitrogen and oxygen atoms in total. The summed E-state index contributed by atoms with van der Waals surface area (Å²) in [5, 5.41) is 0. The molecule has 0 spiro atoms. The molecule has 0 atom stereocenters. The summed E-state index contributed by atoms with van der Waals surface area (Å²) in [5.41, 5.74) is 6.62. The third kappa shape index (κ3) is 3.35. The van der Waals surface area contributed by atoms with Gasteiger partial charge in [-0.15, -0.1) is 6.42 Å². The number of hydrogen-bond acceptors (Lipinski definition) is 4. The van der Waals surface area contributed by atoms with Gasteiger partial charge < -0.3 is 20.1 Å². The van der Waals surface area contributed by atoms with Crippen LogP contribution in [-0.4, -0.2) is 38.1 Å². The Hall–Kier alpha value is -2.35. The van der Waals surface area contributed by atoms with Crippen LogP contribution in [0.25, 0.3) is 0 Å². The molecular weight excluding hydrogens is 256 g/mol. The third-order valence-electron chi connectivity index (χ3n) is 2.85. The average molecular weight is 276 g/mol. The van der Waals surface area contributed by atoms with Crippen LogP contribution in [0.2, 0.25) is 0 Å². The third-order valence-corrected chi connectivity index (χ3v) is 2.85. The average Bonchev–Trinajstić information content (AvgIpc) is 2.46. The standard InChI is InChI=1S/C15H20N2O3/c1-5-7-17(8-6-2)15(18)11-9-13(19-3)14(20-4)10-12(11)16/h1,9-10H,6-8,16H2,2-4H3. The maximum atomic E-state index is 12.5. The van der Waals surface area contributed by atoms with E-state index in [1.165, 1.54) is 14.2 Å². The first kappa shape index (κ1) is 15.7. The number of amides is 1. The largest absolute Gasteiger partial charge is 0.493 e. The summed E-state index contributed by atoms with van der Waals surface area (Å²) in [6.45, 7) is 2.81. The molecule has 0 bridgehead atoms. The molecule has 5 heteroatoms. The van der Waals surface area contributed by atoms with Gasteiger partial charge in [0.2, 0.25) is 0 Å². The molecule has 108 valence electrons. The molecule has 0 aliphatic carbocycles. The van der Waals surface area contributed by atoms with E-state index in [-0.39, 0.29) is 12.5 Å². The van der Waals surface area contributed by atoms with E-state index in [1.807, 2.05) is 6.92 Å². The lowest BCUT2D eigenvalue weighted by molar-refractivity contribution is 0.0777. The van der Waals surface area contributed by atoms with Crippen LogP contribution in [0.5, 0.6) is 11.5 Å². The summed E-state index contributed by atoms with van der Waals surface area (Å²) in [6.07, 6.45) is 6.12. The van der Waals surface area contributed by atoms with Crippen molar-refractivity contribution in [3.8, 4) is 23.8 Å². The summed E-state index contributed by atoms with van der Waals surface area (Å²) >= 11 is 0. The molecule has 0 unspecified atom stereocenters. The van der Waals surface area contributed by atoms with Crippen LogP contribution in [0.4, 0.5) is 5.69 Å². The number of nitrogens with two attached hydrogens (primary N) is 1. The number of terminal acetylenes is 1. The molecule has 2 N–H and O–H groups in total. The molecule has 1 amide bonds. The van der Waals surface area contributed by atoms with Gasteiger partial charge in [-0.25, -0.2) is 0 Å². The number of hydrogen-bond donors (Lipinski definition) is 1. The van der Waals surface area contributed by atoms with Crippen LogP contribution >= 0.6 is 0 Å². The van der Waals surface area contributed by atoms with Gasteiger partial charge in [0, 0.05) is 18.3 Å². The summed E-state index contributed by atoms with van der Waals surface area (Å²) < 4.78 is 10.3. The lowest BCUT2D eigenvalue weighted by Crippen LogP contribution is -2.32. The molecule has 0 fully saturated rings. The van der Waals surface area contributed by atoms with E-state index >= 15 is 0 Å². The van der Waals surface area contributed by atoms with Crippen molar-refractivity contribution in [2.75, 3.05) is 33.0 Å². The topological polar surface area (TPSA) is 64.8 Å². The van der Waals surface area contributed by atoms with Gasteiger partial charge in [-0.05, 0) is 12.5 Å². The van der Waals surface area contributed by atoms with Crippen LogP contribution < -0.4 is 15.2 Å². The van der Waals surface area contributed by atoms with Crippen molar-refractivity contribution in [1.82, 2.24) is 4.90 Å². The minimum Gasteiger partial charge on any atom is -0.493 e. The lowest BCUT2D eigenvalue weighted by Gasteiger charge is -2.21. The van der Waals surface area contributed by atoms with Crippen molar-refractivity contribution in [2.45, 2.75) is 13.3 Å². The van der Waals surface area contributed by atoms with E-state index in [0.717, 1.165) is 6.42 Å². The fourth-order valence-electron chi connectivity index (χ4n) is 1.88. The van der Waals surface area contributed by atoms with Gasteiger partial charge in [-0.2, -0.15) is 0 Å². The number of carbonyl (C=O) groups excluding carboxylic acids is 1. The van der Waals surface area contributed by atoms with Crippen molar-refractivity contribution in [3.63, 3.8) is 0 Å². The zero-order valence-electron chi connectivity index (χ0n) is 12.1. The maximum absolute atomic E-state index is 12.5. The molecule has 0 saturated heterocycles.